The van der Waals surface area contributed by atoms with E-state index in [2.05, 4.69) is 19.2 Å². The van der Waals surface area contributed by atoms with Crippen molar-refractivity contribution in [3.63, 3.8) is 0 Å². The summed E-state index contributed by atoms with van der Waals surface area (Å²) in [5.41, 5.74) is 5.55. The Morgan fingerprint density at radius 3 is 2.36 bits per heavy atom. The largest absolute Gasteiger partial charge is 0.381 e. The van der Waals surface area contributed by atoms with Crippen LogP contribution in [0, 0.1) is 10.8 Å². The van der Waals surface area contributed by atoms with Gasteiger partial charge in [0.25, 0.3) is 0 Å². The molecule has 0 spiro atoms. The molecule has 2 fully saturated rings. The van der Waals surface area contributed by atoms with Gasteiger partial charge in [0, 0.05) is 38.3 Å². The van der Waals surface area contributed by atoms with Crippen LogP contribution in [0.4, 0.5) is 0 Å². The number of rotatable bonds is 6. The number of nitrogens with two attached hydrogens (primary N) is 1. The van der Waals surface area contributed by atoms with E-state index < -0.39 is 5.41 Å². The van der Waals surface area contributed by atoms with Gasteiger partial charge in [-0.25, -0.2) is 0 Å². The lowest BCUT2D eigenvalue weighted by Gasteiger charge is -2.55. The van der Waals surface area contributed by atoms with Crippen molar-refractivity contribution in [2.75, 3.05) is 26.9 Å². The number of carbonyl (C=O) groups excluding carboxylic acids is 1. The van der Waals surface area contributed by atoms with Crippen LogP contribution in [-0.2, 0) is 14.3 Å². The normalized spacial score (nSPS) is 29.1. The second-order valence-corrected chi connectivity index (χ2v) is 6.52. The first-order valence-electron chi connectivity index (χ1n) is 8.20. The number of methoxy groups -OCH3 is 1. The van der Waals surface area contributed by atoms with Crippen LogP contribution in [0.15, 0.2) is 0 Å². The molecular weight excluding hydrogens is 304 g/mol. The number of halogens is 1. The van der Waals surface area contributed by atoms with Crippen LogP contribution in [0.3, 0.4) is 0 Å². The maximum atomic E-state index is 12.8. The van der Waals surface area contributed by atoms with Crippen LogP contribution in [0.5, 0.6) is 0 Å². The van der Waals surface area contributed by atoms with Crippen molar-refractivity contribution in [2.24, 2.45) is 16.6 Å². The third-order valence-corrected chi connectivity index (χ3v) is 6.01. The van der Waals surface area contributed by atoms with Crippen molar-refractivity contribution in [1.29, 1.82) is 0 Å². The quantitative estimate of drug-likeness (QED) is 0.777. The molecule has 0 radical (unpaired) electrons. The first-order chi connectivity index (χ1) is 10.1. The van der Waals surface area contributed by atoms with Crippen molar-refractivity contribution in [2.45, 2.75) is 58.1 Å². The predicted octanol–water partition coefficient (Wildman–Crippen LogP) is 1.87. The second-order valence-electron chi connectivity index (χ2n) is 6.52. The van der Waals surface area contributed by atoms with Crippen LogP contribution >= 0.6 is 12.4 Å². The molecule has 0 aromatic carbocycles. The van der Waals surface area contributed by atoms with Gasteiger partial charge in [-0.1, -0.05) is 13.8 Å². The average molecular weight is 335 g/mol. The zero-order valence-corrected chi connectivity index (χ0v) is 14.8. The highest BCUT2D eigenvalue weighted by Gasteiger charge is 2.54. The van der Waals surface area contributed by atoms with Crippen molar-refractivity contribution < 1.29 is 14.3 Å². The van der Waals surface area contributed by atoms with Gasteiger partial charge in [-0.15, -0.1) is 12.4 Å². The molecule has 130 valence electrons. The Balaban J connectivity index is 0.00000242. The smallest absolute Gasteiger partial charge is 0.227 e. The average Bonchev–Trinajstić information content (AvgIpc) is 2.52. The highest BCUT2D eigenvalue weighted by Crippen LogP contribution is 2.49. The van der Waals surface area contributed by atoms with E-state index in [1.165, 1.54) is 0 Å². The molecule has 2 aliphatic rings. The molecule has 22 heavy (non-hydrogen) atoms. The molecule has 1 heterocycles. The Morgan fingerprint density at radius 2 is 1.91 bits per heavy atom. The third-order valence-electron chi connectivity index (χ3n) is 6.01. The molecule has 2 atom stereocenters. The summed E-state index contributed by atoms with van der Waals surface area (Å²) in [6, 6.07) is 0.205. The maximum Gasteiger partial charge on any atom is 0.227 e. The van der Waals surface area contributed by atoms with Gasteiger partial charge in [0.05, 0.1) is 11.5 Å². The molecule has 1 aliphatic heterocycles. The first kappa shape index (κ1) is 19.7. The minimum atomic E-state index is -0.441. The summed E-state index contributed by atoms with van der Waals surface area (Å²) in [5, 5.41) is 3.28. The maximum absolute atomic E-state index is 12.8. The molecular formula is C16H31ClN2O3. The molecule has 0 aromatic rings. The summed E-state index contributed by atoms with van der Waals surface area (Å²) in [7, 11) is 1.77. The van der Waals surface area contributed by atoms with Gasteiger partial charge in [0.15, 0.2) is 0 Å². The van der Waals surface area contributed by atoms with Gasteiger partial charge < -0.3 is 20.5 Å². The molecule has 1 saturated heterocycles. The lowest BCUT2D eigenvalue weighted by Crippen LogP contribution is -2.66. The number of hydrogen-bond acceptors (Lipinski definition) is 4. The SMILES string of the molecule is CCC1(CC)C(NC(=O)C2(CN)CCOCC2)CC1OC.Cl. The predicted molar refractivity (Wildman–Crippen MR) is 89.1 cm³/mol. The fourth-order valence-electron chi connectivity index (χ4n) is 4.08. The molecule has 6 heteroatoms. The molecule has 1 amide bonds. The zero-order valence-electron chi connectivity index (χ0n) is 14.0. The van der Waals surface area contributed by atoms with E-state index in [4.69, 9.17) is 15.2 Å². The lowest BCUT2D eigenvalue weighted by atomic mass is 9.58. The molecule has 3 N–H and O–H groups in total. The Morgan fingerprint density at radius 1 is 1.32 bits per heavy atom. The van der Waals surface area contributed by atoms with Crippen LogP contribution in [0.2, 0.25) is 0 Å². The number of ether oxygens (including phenoxy) is 2. The highest BCUT2D eigenvalue weighted by molar-refractivity contribution is 5.85. The van der Waals surface area contributed by atoms with Gasteiger partial charge in [-0.3, -0.25) is 4.79 Å². The standard InChI is InChI=1S/C16H30N2O3.ClH/c1-4-16(5-2)12(10-13(16)20-3)18-14(19)15(11-17)6-8-21-9-7-15;/h12-13H,4-11,17H2,1-3H3,(H,18,19);1H. The second kappa shape index (κ2) is 7.95. The third kappa shape index (κ3) is 3.14. The Kier molecular flexibility index (Phi) is 7.12. The Bertz CT molecular complexity index is 368. The van der Waals surface area contributed by atoms with Crippen molar-refractivity contribution in [3.8, 4) is 0 Å². The van der Waals surface area contributed by atoms with Crippen LogP contribution in [0.1, 0.15) is 46.0 Å². The summed E-state index contributed by atoms with van der Waals surface area (Å²) in [5.74, 6) is 0.110. The number of carbonyl (C=O) groups is 1. The number of hydrogen-bond donors (Lipinski definition) is 2. The molecule has 5 nitrogen and oxygen atoms in total. The molecule has 0 aromatic heterocycles. The van der Waals surface area contributed by atoms with Crippen molar-refractivity contribution in [3.05, 3.63) is 0 Å². The van der Waals surface area contributed by atoms with Gasteiger partial charge >= 0.3 is 0 Å². The van der Waals surface area contributed by atoms with E-state index in [9.17, 15) is 4.79 Å². The van der Waals surface area contributed by atoms with E-state index in [1.54, 1.807) is 7.11 Å². The molecule has 2 rings (SSSR count). The van der Waals surface area contributed by atoms with Crippen LogP contribution in [0.25, 0.3) is 0 Å². The van der Waals surface area contributed by atoms with Gasteiger partial charge in [0.2, 0.25) is 5.91 Å². The highest BCUT2D eigenvalue weighted by atomic mass is 35.5. The molecule has 1 saturated carbocycles. The van der Waals surface area contributed by atoms with Crippen LogP contribution in [-0.4, -0.2) is 44.9 Å². The van der Waals surface area contributed by atoms with Crippen molar-refractivity contribution >= 4 is 18.3 Å². The van der Waals surface area contributed by atoms with Crippen molar-refractivity contribution in [1.82, 2.24) is 5.32 Å². The summed E-state index contributed by atoms with van der Waals surface area (Å²) >= 11 is 0. The molecule has 1 aliphatic carbocycles. The van der Waals surface area contributed by atoms with E-state index >= 15 is 0 Å². The number of nitrogens with one attached hydrogen (secondary N) is 1. The Hall–Kier alpha value is -0.360. The van der Waals surface area contributed by atoms with Gasteiger partial charge in [0.1, 0.15) is 0 Å². The summed E-state index contributed by atoms with van der Waals surface area (Å²) in [6.45, 7) is 6.02. The topological polar surface area (TPSA) is 73.6 Å². The van der Waals surface area contributed by atoms with E-state index in [-0.39, 0.29) is 35.9 Å². The van der Waals surface area contributed by atoms with E-state index in [1.807, 2.05) is 0 Å². The van der Waals surface area contributed by atoms with Crippen LogP contribution < -0.4 is 11.1 Å². The summed E-state index contributed by atoms with van der Waals surface area (Å²) in [4.78, 5) is 12.8. The summed E-state index contributed by atoms with van der Waals surface area (Å²) < 4.78 is 11.0. The minimum absolute atomic E-state index is 0. The first-order valence-corrected chi connectivity index (χ1v) is 8.20. The van der Waals surface area contributed by atoms with E-state index in [0.717, 1.165) is 32.1 Å². The Labute approximate surface area is 140 Å². The van der Waals surface area contributed by atoms with Gasteiger partial charge in [-0.2, -0.15) is 0 Å². The lowest BCUT2D eigenvalue weighted by molar-refractivity contribution is -0.151. The fraction of sp³-hybridized carbons (Fsp3) is 0.938. The van der Waals surface area contributed by atoms with Gasteiger partial charge in [-0.05, 0) is 32.1 Å². The minimum Gasteiger partial charge on any atom is -0.381 e. The zero-order chi connectivity index (χ0) is 15.5. The molecule has 0 bridgehead atoms. The van der Waals surface area contributed by atoms with E-state index in [0.29, 0.717) is 19.8 Å². The number of amides is 1. The molecule has 2 unspecified atom stereocenters. The fourth-order valence-corrected chi connectivity index (χ4v) is 4.08. The monoisotopic (exact) mass is 334 g/mol. The summed E-state index contributed by atoms with van der Waals surface area (Å²) in [6.07, 6.45) is 4.64.